The van der Waals surface area contributed by atoms with Crippen LogP contribution in [0.1, 0.15) is 159 Å². The first-order valence-corrected chi connectivity index (χ1v) is 37.6. The number of aryl methyl sites for hydroxylation is 2. The summed E-state index contributed by atoms with van der Waals surface area (Å²) in [5, 5.41) is 22.4. The number of benzene rings is 1. The minimum Gasteiger partial charge on any atom is -0.508 e. The van der Waals surface area contributed by atoms with E-state index in [0.717, 1.165) is 60.7 Å². The molecule has 4 unspecified atom stereocenters. The van der Waals surface area contributed by atoms with Crippen LogP contribution in [0.2, 0.25) is 0 Å². The van der Waals surface area contributed by atoms with Gasteiger partial charge < -0.3 is 71.8 Å². The maximum atomic E-state index is 14.2. The molecule has 3 amide bonds. The van der Waals surface area contributed by atoms with Gasteiger partial charge in [-0.2, -0.15) is 0 Å². The van der Waals surface area contributed by atoms with Gasteiger partial charge in [-0.3, -0.25) is 38.5 Å². The fourth-order valence-corrected chi connectivity index (χ4v) is 13.5. The summed E-state index contributed by atoms with van der Waals surface area (Å²) in [6.45, 7) is 17.6. The van der Waals surface area contributed by atoms with Crippen molar-refractivity contribution in [2.24, 2.45) is 29.6 Å². The van der Waals surface area contributed by atoms with Gasteiger partial charge in [0.25, 0.3) is 5.56 Å². The first-order chi connectivity index (χ1) is 50.8. The highest BCUT2D eigenvalue weighted by molar-refractivity contribution is 6.03. The molecule has 1 aromatic carbocycles. The molecule has 3 aromatic heterocycles. The monoisotopic (exact) mass is 1470 g/mol. The lowest BCUT2D eigenvalue weighted by Crippen LogP contribution is -2.48. The van der Waals surface area contributed by atoms with Gasteiger partial charge in [-0.05, 0) is 93.0 Å². The number of esters is 1. The Hall–Kier alpha value is -7.48. The number of ketones is 3. The number of fused-ring (bicyclic) bond motifs is 5. The number of nitrogens with zero attached hydrogens (tertiary/aromatic N) is 6. The molecule has 4 aromatic rings. The summed E-state index contributed by atoms with van der Waals surface area (Å²) >= 11 is 0. The molecule has 0 bridgehead atoms. The van der Waals surface area contributed by atoms with Crippen LogP contribution >= 0.6 is 0 Å². The number of rotatable bonds is 52. The van der Waals surface area contributed by atoms with Crippen molar-refractivity contribution in [3.63, 3.8) is 0 Å². The highest BCUT2D eigenvalue weighted by Crippen LogP contribution is 2.43. The van der Waals surface area contributed by atoms with Gasteiger partial charge in [0.15, 0.2) is 11.6 Å². The van der Waals surface area contributed by atoms with E-state index in [4.69, 9.17) is 61.8 Å². The highest BCUT2D eigenvalue weighted by atomic mass is 16.7. The summed E-state index contributed by atoms with van der Waals surface area (Å²) in [6, 6.07) is 5.85. The van der Waals surface area contributed by atoms with Crippen molar-refractivity contribution in [2.45, 2.75) is 176 Å². The second kappa shape index (κ2) is 43.4. The zero-order chi connectivity index (χ0) is 75.1. The number of carbonyl (C=O) groups excluding carboxylic acids is 8. The first-order valence-electron chi connectivity index (χ1n) is 37.6. The lowest BCUT2D eigenvalue weighted by atomic mass is 9.79. The van der Waals surface area contributed by atoms with Crippen molar-refractivity contribution in [3.8, 4) is 17.1 Å². The van der Waals surface area contributed by atoms with Gasteiger partial charge in [0.1, 0.15) is 38.0 Å². The van der Waals surface area contributed by atoms with Gasteiger partial charge in [-0.1, -0.05) is 66.0 Å². The lowest BCUT2D eigenvalue weighted by molar-refractivity contribution is -0.175. The van der Waals surface area contributed by atoms with Crippen molar-refractivity contribution < 1.29 is 100 Å². The lowest BCUT2D eigenvalue weighted by Gasteiger charge is -2.35. The van der Waals surface area contributed by atoms with E-state index < -0.39 is 41.2 Å². The van der Waals surface area contributed by atoms with Crippen LogP contribution in [0.3, 0.4) is 0 Å². The molecule has 0 radical (unpaired) electrons. The molecule has 8 rings (SSSR count). The Bertz CT molecular complexity index is 3570. The van der Waals surface area contributed by atoms with Gasteiger partial charge in [-0.15, -0.1) is 5.10 Å². The number of phenols is 1. The molecule has 580 valence electrons. The van der Waals surface area contributed by atoms with Crippen LogP contribution in [0.15, 0.2) is 35.3 Å². The Kier molecular flexibility index (Phi) is 34.3. The number of cyclic esters (lactones) is 1. The van der Waals surface area contributed by atoms with E-state index in [1.807, 2.05) is 33.9 Å². The number of aromatic hydroxyl groups is 1. The number of likely N-dealkylation sites (tertiary alicyclic amines) is 1. The third kappa shape index (κ3) is 24.8. The molecule has 0 spiro atoms. The van der Waals surface area contributed by atoms with E-state index in [1.165, 1.54) is 4.90 Å². The fourth-order valence-electron chi connectivity index (χ4n) is 13.5. The van der Waals surface area contributed by atoms with Crippen molar-refractivity contribution in [2.75, 3.05) is 132 Å². The summed E-state index contributed by atoms with van der Waals surface area (Å²) in [6.07, 6.45) is 9.03. The summed E-state index contributed by atoms with van der Waals surface area (Å²) in [5.41, 5.74) is 2.00. The van der Waals surface area contributed by atoms with Crippen LogP contribution in [-0.4, -0.2) is 220 Å². The SMILES string of the molecule is CCCCCC(CC(=O)COCC(=O)CCCOCCOCCOCCOCCOCCOCCOCCOCCn1cc(CCC(=O)C2CCC(CN3C(=O)CC(C)C3=O)CC2)nn1)C(=O)NC(COC(=O)OC1(CC)C(=O)OCc2c1cc1n(c2=O)Cc2c-1nc1ccc(O)cc1c2CC)C(C)C. The van der Waals surface area contributed by atoms with Crippen LogP contribution in [0, 0.1) is 29.6 Å². The van der Waals surface area contributed by atoms with Gasteiger partial charge in [0, 0.05) is 85.7 Å². The molecule has 6 heterocycles. The molecule has 4 aliphatic rings. The smallest absolute Gasteiger partial charge is 0.508 e. The number of hydrogen-bond donors (Lipinski definition) is 2. The summed E-state index contributed by atoms with van der Waals surface area (Å²) in [5.74, 6) is -2.55. The minimum absolute atomic E-state index is 0.0139. The summed E-state index contributed by atoms with van der Waals surface area (Å²) < 4.78 is 70.5. The Balaban J connectivity index is 0.580. The molecular formula is C76H109N7O22. The van der Waals surface area contributed by atoms with Crippen LogP contribution in [0.5, 0.6) is 5.75 Å². The molecule has 1 saturated carbocycles. The van der Waals surface area contributed by atoms with Crippen LogP contribution < -0.4 is 10.9 Å². The third-order valence-electron chi connectivity index (χ3n) is 19.6. The van der Waals surface area contributed by atoms with E-state index in [0.29, 0.717) is 181 Å². The summed E-state index contributed by atoms with van der Waals surface area (Å²) in [4.78, 5) is 125. The standard InChI is InChI=1S/C76H109N7O22/c1-7-10-11-13-55(71(89)78-66(51(4)5)50-104-75(93)105-76(9-3)64-43-67-70-62(46-82(67)73(91)63(64)49-103-74(76)92)60(8-2)61-42-57(84)20-21-65(61)77-70)41-59(86)48-102-47-58(85)14-12-24-94-26-28-96-30-32-98-34-36-100-38-39-101-37-35-99-33-31-97-29-27-95-25-23-81-45-56(79-80-81)19-22-68(87)54-17-15-53(16-18-54)44-83-69(88)40-52(6)72(83)90/h20-21,42-43,45,51-55,66,84H,7-19,22-41,44,46-50H2,1-6H3,(H,78,89). The van der Waals surface area contributed by atoms with Gasteiger partial charge in [0.2, 0.25) is 23.3 Å². The van der Waals surface area contributed by atoms with Gasteiger partial charge in [-0.25, -0.2) is 19.3 Å². The Morgan fingerprint density at radius 1 is 0.733 bits per heavy atom. The Morgan fingerprint density at radius 3 is 1.96 bits per heavy atom. The van der Waals surface area contributed by atoms with E-state index >= 15 is 0 Å². The number of aromatic nitrogens is 5. The zero-order valence-electron chi connectivity index (χ0n) is 62.1. The number of carbonyl (C=O) groups is 8. The number of unbranched alkanes of at least 4 members (excludes halogenated alkanes) is 2. The van der Waals surface area contributed by atoms with E-state index in [9.17, 15) is 48.3 Å². The number of amides is 3. The van der Waals surface area contributed by atoms with Gasteiger partial charge >= 0.3 is 12.1 Å². The largest absolute Gasteiger partial charge is 0.509 e. The number of Topliss-reactive ketones (excluding diaryl/α,β-unsaturated/α-hetero) is 3. The number of nitrogens with one attached hydrogen (secondary N) is 1. The predicted molar refractivity (Wildman–Crippen MR) is 381 cm³/mol. The average molecular weight is 1470 g/mol. The molecule has 105 heavy (non-hydrogen) atoms. The average Bonchev–Trinajstić information content (AvgIpc) is 1.17. The topological polar surface area (TPSA) is 348 Å². The van der Waals surface area contributed by atoms with E-state index in [-0.39, 0.29) is 122 Å². The first kappa shape index (κ1) is 83.2. The molecule has 29 nitrogen and oxygen atoms in total. The second-order valence-electron chi connectivity index (χ2n) is 27.6. The molecule has 4 atom stereocenters. The van der Waals surface area contributed by atoms with Crippen molar-refractivity contribution in [1.82, 2.24) is 34.8 Å². The van der Waals surface area contributed by atoms with E-state index in [2.05, 4.69) is 15.6 Å². The molecule has 1 saturated heterocycles. The van der Waals surface area contributed by atoms with E-state index in [1.54, 1.807) is 47.4 Å². The maximum Gasteiger partial charge on any atom is 0.509 e. The molecule has 1 aliphatic carbocycles. The summed E-state index contributed by atoms with van der Waals surface area (Å²) in [7, 11) is 0. The predicted octanol–water partition coefficient (Wildman–Crippen LogP) is 7.30. The molecule has 3 aliphatic heterocycles. The number of imide groups is 1. The van der Waals surface area contributed by atoms with Crippen LogP contribution in [0.4, 0.5) is 4.79 Å². The second-order valence-corrected chi connectivity index (χ2v) is 27.6. The molecule has 2 fully saturated rings. The number of hydrogen-bond acceptors (Lipinski definition) is 25. The molecule has 29 heteroatoms. The van der Waals surface area contributed by atoms with Gasteiger partial charge in [0.05, 0.1) is 146 Å². The quantitative estimate of drug-likeness (QED) is 0.0219. The molecular weight excluding hydrogens is 1360 g/mol. The normalized spacial score (nSPS) is 18.3. The van der Waals surface area contributed by atoms with Crippen LogP contribution in [-0.2, 0) is 129 Å². The third-order valence-corrected chi connectivity index (χ3v) is 19.6. The maximum absolute atomic E-state index is 14.2. The van der Waals surface area contributed by atoms with Crippen molar-refractivity contribution in [1.29, 1.82) is 0 Å². The van der Waals surface area contributed by atoms with Crippen LogP contribution in [0.25, 0.3) is 22.3 Å². The number of phenolic OH excluding ortho intramolecular Hbond substituents is 1. The van der Waals surface area contributed by atoms with Crippen molar-refractivity contribution in [3.05, 3.63) is 68.8 Å². The Morgan fingerprint density at radius 2 is 1.36 bits per heavy atom. The fraction of sp³-hybridized carbons (Fsp3) is 0.684. The minimum atomic E-state index is -2.04. The highest BCUT2D eigenvalue weighted by Gasteiger charge is 2.51. The zero-order valence-corrected chi connectivity index (χ0v) is 62.1. The van der Waals surface area contributed by atoms with Crippen molar-refractivity contribution >= 4 is 58.1 Å². The number of pyridine rings is 2. The Labute approximate surface area is 613 Å². The molecule has 2 N–H and O–H groups in total. The number of ether oxygens (including phenoxy) is 12.